The number of carbonyl (C=O) groups excluding carboxylic acids is 1. The first-order valence-corrected chi connectivity index (χ1v) is 7.63. The Morgan fingerprint density at radius 2 is 1.91 bits per heavy atom. The number of carbonyl (C=O) groups is 1. The topological polar surface area (TPSA) is 33.2 Å². The SMILES string of the molecule is O=C(c1ccc(F)cc1)C1CCCN(Cc2ccncc2)C1. The van der Waals surface area contributed by atoms with E-state index in [1.54, 1.807) is 24.5 Å². The molecule has 3 rings (SSSR count). The predicted octanol–water partition coefficient (Wildman–Crippen LogP) is 3.32. The molecule has 2 heterocycles. The van der Waals surface area contributed by atoms with Gasteiger partial charge in [0.05, 0.1) is 0 Å². The van der Waals surface area contributed by atoms with Crippen molar-refractivity contribution >= 4 is 5.78 Å². The highest BCUT2D eigenvalue weighted by Crippen LogP contribution is 2.22. The summed E-state index contributed by atoms with van der Waals surface area (Å²) in [6.45, 7) is 2.61. The third kappa shape index (κ3) is 3.57. The number of aromatic nitrogens is 1. The molecule has 1 aliphatic rings. The highest BCUT2D eigenvalue weighted by molar-refractivity contribution is 5.98. The number of benzene rings is 1. The average Bonchev–Trinajstić information content (AvgIpc) is 2.56. The number of hydrogen-bond acceptors (Lipinski definition) is 3. The molecule has 1 aliphatic heterocycles. The maximum absolute atomic E-state index is 13.0. The van der Waals surface area contributed by atoms with E-state index in [4.69, 9.17) is 0 Å². The Hall–Kier alpha value is -2.07. The molecule has 2 aromatic rings. The lowest BCUT2D eigenvalue weighted by Crippen LogP contribution is -2.38. The second-order valence-electron chi connectivity index (χ2n) is 5.80. The zero-order valence-electron chi connectivity index (χ0n) is 12.4. The van der Waals surface area contributed by atoms with E-state index in [9.17, 15) is 9.18 Å². The number of ketones is 1. The van der Waals surface area contributed by atoms with E-state index in [1.165, 1.54) is 17.7 Å². The van der Waals surface area contributed by atoms with Crippen LogP contribution in [0, 0.1) is 11.7 Å². The van der Waals surface area contributed by atoms with Crippen LogP contribution in [0.25, 0.3) is 0 Å². The van der Waals surface area contributed by atoms with Crippen molar-refractivity contribution in [2.75, 3.05) is 13.1 Å². The molecule has 22 heavy (non-hydrogen) atoms. The fraction of sp³-hybridized carbons (Fsp3) is 0.333. The molecule has 1 atom stereocenters. The Balaban J connectivity index is 1.65. The van der Waals surface area contributed by atoms with Gasteiger partial charge in [-0.2, -0.15) is 0 Å². The summed E-state index contributed by atoms with van der Waals surface area (Å²) in [7, 11) is 0. The summed E-state index contributed by atoms with van der Waals surface area (Å²) >= 11 is 0. The minimum absolute atomic E-state index is 0.000971. The van der Waals surface area contributed by atoms with Gasteiger partial charge < -0.3 is 0 Å². The van der Waals surface area contributed by atoms with E-state index >= 15 is 0 Å². The van der Waals surface area contributed by atoms with Crippen molar-refractivity contribution in [3.63, 3.8) is 0 Å². The summed E-state index contributed by atoms with van der Waals surface area (Å²) in [6.07, 6.45) is 5.51. The molecule has 0 spiro atoms. The fourth-order valence-corrected chi connectivity index (χ4v) is 3.01. The Morgan fingerprint density at radius 1 is 1.18 bits per heavy atom. The third-order valence-corrected chi connectivity index (χ3v) is 4.16. The second-order valence-corrected chi connectivity index (χ2v) is 5.80. The van der Waals surface area contributed by atoms with Gasteiger partial charge in [-0.3, -0.25) is 14.7 Å². The van der Waals surface area contributed by atoms with Crippen LogP contribution in [0.15, 0.2) is 48.8 Å². The maximum Gasteiger partial charge on any atom is 0.167 e. The van der Waals surface area contributed by atoms with Gasteiger partial charge in [0.1, 0.15) is 5.82 Å². The Kier molecular flexibility index (Phi) is 4.59. The molecule has 1 aromatic carbocycles. The smallest absolute Gasteiger partial charge is 0.167 e. The number of halogens is 1. The number of nitrogens with zero attached hydrogens (tertiary/aromatic N) is 2. The monoisotopic (exact) mass is 298 g/mol. The van der Waals surface area contributed by atoms with E-state index in [2.05, 4.69) is 9.88 Å². The molecule has 0 radical (unpaired) electrons. The standard InChI is InChI=1S/C18H19FN2O/c19-17-5-3-15(4-6-17)18(22)16-2-1-11-21(13-16)12-14-7-9-20-10-8-14/h3-10,16H,1-2,11-13H2. The summed E-state index contributed by atoms with van der Waals surface area (Å²) in [5, 5.41) is 0. The predicted molar refractivity (Wildman–Crippen MR) is 83.0 cm³/mol. The zero-order chi connectivity index (χ0) is 15.4. The lowest BCUT2D eigenvalue weighted by Gasteiger charge is -2.32. The Labute approximate surface area is 129 Å². The summed E-state index contributed by atoms with van der Waals surface area (Å²) < 4.78 is 13.0. The third-order valence-electron chi connectivity index (χ3n) is 4.16. The molecule has 0 amide bonds. The first kappa shape index (κ1) is 14.9. The second kappa shape index (κ2) is 6.79. The van der Waals surface area contributed by atoms with E-state index in [0.717, 1.165) is 32.5 Å². The van der Waals surface area contributed by atoms with Crippen LogP contribution in [0.1, 0.15) is 28.8 Å². The van der Waals surface area contributed by atoms with Gasteiger partial charge >= 0.3 is 0 Å². The van der Waals surface area contributed by atoms with Gasteiger partial charge in [0.25, 0.3) is 0 Å². The van der Waals surface area contributed by atoms with E-state index in [0.29, 0.717) is 5.56 Å². The lowest BCUT2D eigenvalue weighted by atomic mass is 9.90. The molecule has 3 nitrogen and oxygen atoms in total. The Morgan fingerprint density at radius 3 is 2.64 bits per heavy atom. The van der Waals surface area contributed by atoms with Crippen molar-refractivity contribution in [2.45, 2.75) is 19.4 Å². The normalized spacial score (nSPS) is 19.0. The molecule has 1 aromatic heterocycles. The van der Waals surface area contributed by atoms with Crippen molar-refractivity contribution in [3.05, 3.63) is 65.7 Å². The highest BCUT2D eigenvalue weighted by atomic mass is 19.1. The van der Waals surface area contributed by atoms with E-state index in [-0.39, 0.29) is 17.5 Å². The molecule has 0 aliphatic carbocycles. The number of hydrogen-bond donors (Lipinski definition) is 0. The van der Waals surface area contributed by atoms with Gasteiger partial charge in [-0.05, 0) is 61.3 Å². The van der Waals surface area contributed by atoms with Crippen molar-refractivity contribution in [3.8, 4) is 0 Å². The van der Waals surface area contributed by atoms with Gasteiger partial charge in [-0.15, -0.1) is 0 Å². The highest BCUT2D eigenvalue weighted by Gasteiger charge is 2.26. The van der Waals surface area contributed by atoms with E-state index < -0.39 is 0 Å². The van der Waals surface area contributed by atoms with Crippen molar-refractivity contribution < 1.29 is 9.18 Å². The van der Waals surface area contributed by atoms with Crippen LogP contribution < -0.4 is 0 Å². The number of Topliss-reactive ketones (excluding diaryl/α,β-unsaturated/α-hetero) is 1. The first-order chi connectivity index (χ1) is 10.7. The van der Waals surface area contributed by atoms with Crippen LogP contribution in [-0.4, -0.2) is 28.8 Å². The van der Waals surface area contributed by atoms with Gasteiger partial charge in [0, 0.05) is 37.0 Å². The van der Waals surface area contributed by atoms with Gasteiger partial charge in [0.15, 0.2) is 5.78 Å². The molecular weight excluding hydrogens is 279 g/mol. The number of likely N-dealkylation sites (tertiary alicyclic amines) is 1. The Bertz CT molecular complexity index is 627. The lowest BCUT2D eigenvalue weighted by molar-refractivity contribution is 0.0811. The first-order valence-electron chi connectivity index (χ1n) is 7.63. The molecule has 4 heteroatoms. The number of rotatable bonds is 4. The average molecular weight is 298 g/mol. The van der Waals surface area contributed by atoms with Crippen LogP contribution in [0.2, 0.25) is 0 Å². The molecule has 0 saturated carbocycles. The van der Waals surface area contributed by atoms with Crippen LogP contribution >= 0.6 is 0 Å². The summed E-state index contributed by atoms with van der Waals surface area (Å²) in [5.41, 5.74) is 1.82. The van der Waals surface area contributed by atoms with Crippen molar-refractivity contribution in [1.82, 2.24) is 9.88 Å². The molecule has 0 N–H and O–H groups in total. The number of pyridine rings is 1. The van der Waals surface area contributed by atoms with Crippen LogP contribution in [0.3, 0.4) is 0 Å². The molecule has 0 bridgehead atoms. The van der Waals surface area contributed by atoms with Gasteiger partial charge in [-0.1, -0.05) is 0 Å². The molecule has 1 unspecified atom stereocenters. The summed E-state index contributed by atoms with van der Waals surface area (Å²) in [4.78, 5) is 18.9. The quantitative estimate of drug-likeness (QED) is 0.812. The minimum atomic E-state index is -0.306. The molecule has 114 valence electrons. The van der Waals surface area contributed by atoms with Crippen LogP contribution in [0.5, 0.6) is 0 Å². The maximum atomic E-state index is 13.0. The molecule has 1 saturated heterocycles. The van der Waals surface area contributed by atoms with Crippen LogP contribution in [0.4, 0.5) is 4.39 Å². The van der Waals surface area contributed by atoms with Crippen LogP contribution in [-0.2, 0) is 6.54 Å². The molecule has 1 fully saturated rings. The summed E-state index contributed by atoms with van der Waals surface area (Å²) in [6, 6.07) is 9.88. The van der Waals surface area contributed by atoms with Crippen molar-refractivity contribution in [2.24, 2.45) is 5.92 Å². The molecular formula is C18H19FN2O. The minimum Gasteiger partial charge on any atom is -0.298 e. The summed E-state index contributed by atoms with van der Waals surface area (Å²) in [5.74, 6) is -0.181. The van der Waals surface area contributed by atoms with Crippen molar-refractivity contribution in [1.29, 1.82) is 0 Å². The number of piperidine rings is 1. The van der Waals surface area contributed by atoms with Gasteiger partial charge in [-0.25, -0.2) is 4.39 Å². The van der Waals surface area contributed by atoms with Gasteiger partial charge in [0.2, 0.25) is 0 Å². The van der Waals surface area contributed by atoms with E-state index in [1.807, 2.05) is 12.1 Å². The zero-order valence-corrected chi connectivity index (χ0v) is 12.4. The fourth-order valence-electron chi connectivity index (χ4n) is 3.01. The largest absolute Gasteiger partial charge is 0.298 e.